The number of benzene rings is 1. The van der Waals surface area contributed by atoms with Crippen LogP contribution in [-0.2, 0) is 6.54 Å². The van der Waals surface area contributed by atoms with Gasteiger partial charge in [0.2, 0.25) is 0 Å². The Morgan fingerprint density at radius 2 is 2.00 bits per heavy atom. The van der Waals surface area contributed by atoms with E-state index in [1.807, 2.05) is 19.9 Å². The maximum Gasteiger partial charge on any atom is 0.123 e. The maximum atomic E-state index is 10.1. The first-order valence-electron chi connectivity index (χ1n) is 6.00. The van der Waals surface area contributed by atoms with Crippen LogP contribution in [0.2, 0.25) is 5.02 Å². The lowest BCUT2D eigenvalue weighted by atomic mass is 10.0. The van der Waals surface area contributed by atoms with E-state index < -0.39 is 0 Å². The third-order valence-corrected chi connectivity index (χ3v) is 3.80. The molecule has 17 heavy (non-hydrogen) atoms. The van der Waals surface area contributed by atoms with Crippen LogP contribution in [0.3, 0.4) is 0 Å². The first-order chi connectivity index (χ1) is 8.09. The van der Waals surface area contributed by atoms with Crippen LogP contribution >= 0.6 is 11.6 Å². The fourth-order valence-electron chi connectivity index (χ4n) is 2.21. The van der Waals surface area contributed by atoms with E-state index in [9.17, 15) is 5.11 Å². The summed E-state index contributed by atoms with van der Waals surface area (Å²) in [6.45, 7) is 8.70. The lowest BCUT2D eigenvalue weighted by molar-refractivity contribution is 0.230. The summed E-state index contributed by atoms with van der Waals surface area (Å²) in [6, 6.07) is 1.83. The van der Waals surface area contributed by atoms with E-state index >= 15 is 0 Å². The minimum Gasteiger partial charge on any atom is -0.507 e. The average molecular weight is 255 g/mol. The second-order valence-corrected chi connectivity index (χ2v) is 5.06. The molecule has 0 radical (unpaired) electrons. The van der Waals surface area contributed by atoms with Crippen molar-refractivity contribution in [1.29, 1.82) is 0 Å². The summed E-state index contributed by atoms with van der Waals surface area (Å²) < 4.78 is 0. The van der Waals surface area contributed by atoms with Gasteiger partial charge in [-0.15, -0.1) is 0 Å². The van der Waals surface area contributed by atoms with Crippen LogP contribution in [0.5, 0.6) is 5.75 Å². The Labute approximate surface area is 107 Å². The van der Waals surface area contributed by atoms with Crippen LogP contribution in [0.4, 0.5) is 0 Å². The number of phenols is 1. The molecule has 0 spiro atoms. The van der Waals surface area contributed by atoms with Crippen molar-refractivity contribution in [2.24, 2.45) is 0 Å². The molecule has 1 aromatic rings. The van der Waals surface area contributed by atoms with Crippen molar-refractivity contribution in [3.05, 3.63) is 27.8 Å². The second-order valence-electron chi connectivity index (χ2n) is 4.65. The van der Waals surface area contributed by atoms with Gasteiger partial charge in [0, 0.05) is 43.3 Å². The van der Waals surface area contributed by atoms with Crippen molar-refractivity contribution < 1.29 is 5.11 Å². The normalized spacial score (nSPS) is 17.4. The molecule has 2 N–H and O–H groups in total. The lowest BCUT2D eigenvalue weighted by Crippen LogP contribution is -2.43. The van der Waals surface area contributed by atoms with Crippen LogP contribution in [0.1, 0.15) is 16.7 Å². The van der Waals surface area contributed by atoms with Gasteiger partial charge in [0.25, 0.3) is 0 Å². The summed E-state index contributed by atoms with van der Waals surface area (Å²) in [4.78, 5) is 2.34. The topological polar surface area (TPSA) is 35.5 Å². The van der Waals surface area contributed by atoms with Crippen molar-refractivity contribution in [2.75, 3.05) is 26.2 Å². The predicted octanol–water partition coefficient (Wildman–Crippen LogP) is 2.07. The number of nitrogens with one attached hydrogen (secondary N) is 1. The van der Waals surface area contributed by atoms with Crippen LogP contribution in [0.15, 0.2) is 6.07 Å². The number of aryl methyl sites for hydroxylation is 1. The van der Waals surface area contributed by atoms with Gasteiger partial charge < -0.3 is 10.4 Å². The molecule has 3 nitrogen and oxygen atoms in total. The van der Waals surface area contributed by atoms with Crippen LogP contribution < -0.4 is 5.32 Å². The van der Waals surface area contributed by atoms with Crippen LogP contribution in [0.25, 0.3) is 0 Å². The quantitative estimate of drug-likeness (QED) is 0.848. The van der Waals surface area contributed by atoms with E-state index in [2.05, 4.69) is 10.2 Å². The van der Waals surface area contributed by atoms with Gasteiger partial charge in [0.1, 0.15) is 5.75 Å². The molecule has 0 aliphatic carbocycles. The summed E-state index contributed by atoms with van der Waals surface area (Å²) in [5.74, 6) is 0.394. The molecular weight excluding hydrogens is 236 g/mol. The molecule has 0 unspecified atom stereocenters. The molecule has 94 valence electrons. The number of piperazine rings is 1. The number of nitrogens with zero attached hydrogens (tertiary/aromatic N) is 1. The van der Waals surface area contributed by atoms with E-state index in [1.54, 1.807) is 0 Å². The Kier molecular flexibility index (Phi) is 3.92. The van der Waals surface area contributed by atoms with Gasteiger partial charge in [-0.1, -0.05) is 11.6 Å². The molecule has 1 fully saturated rings. The molecule has 0 atom stereocenters. The smallest absolute Gasteiger partial charge is 0.123 e. The van der Waals surface area contributed by atoms with Crippen molar-refractivity contribution in [2.45, 2.75) is 20.4 Å². The average Bonchev–Trinajstić information content (AvgIpc) is 2.33. The number of halogens is 1. The highest BCUT2D eigenvalue weighted by atomic mass is 35.5. The molecular formula is C13H19ClN2O. The number of phenolic OH excluding ortho intramolecular Hbond substituents is 1. The zero-order chi connectivity index (χ0) is 12.4. The van der Waals surface area contributed by atoms with E-state index in [0.717, 1.165) is 54.4 Å². The van der Waals surface area contributed by atoms with Crippen LogP contribution in [-0.4, -0.2) is 36.2 Å². The van der Waals surface area contributed by atoms with E-state index in [4.69, 9.17) is 11.6 Å². The Hall–Kier alpha value is -0.770. The minimum atomic E-state index is 0.394. The molecule has 0 amide bonds. The molecule has 1 aliphatic heterocycles. The number of hydrogen-bond acceptors (Lipinski definition) is 3. The van der Waals surface area contributed by atoms with Gasteiger partial charge in [-0.2, -0.15) is 0 Å². The second kappa shape index (κ2) is 5.25. The van der Waals surface area contributed by atoms with Gasteiger partial charge in [-0.05, 0) is 31.0 Å². The summed E-state index contributed by atoms with van der Waals surface area (Å²) in [5.41, 5.74) is 2.82. The van der Waals surface area contributed by atoms with Gasteiger partial charge in [-0.25, -0.2) is 0 Å². The highest BCUT2D eigenvalue weighted by molar-refractivity contribution is 6.31. The van der Waals surface area contributed by atoms with Gasteiger partial charge in [0.05, 0.1) is 0 Å². The van der Waals surface area contributed by atoms with Crippen molar-refractivity contribution in [1.82, 2.24) is 10.2 Å². The van der Waals surface area contributed by atoms with E-state index in [1.165, 1.54) is 0 Å². The number of rotatable bonds is 2. The lowest BCUT2D eigenvalue weighted by Gasteiger charge is -2.28. The zero-order valence-corrected chi connectivity index (χ0v) is 11.1. The molecule has 1 heterocycles. The first kappa shape index (κ1) is 12.7. The Morgan fingerprint density at radius 3 is 2.65 bits per heavy atom. The summed E-state index contributed by atoms with van der Waals surface area (Å²) in [5, 5.41) is 14.2. The third kappa shape index (κ3) is 2.73. The molecule has 0 aromatic heterocycles. The van der Waals surface area contributed by atoms with Crippen LogP contribution in [0, 0.1) is 13.8 Å². The standard InChI is InChI=1S/C13H19ClN2O/c1-9-7-12(14)10(2)11(13(9)17)8-16-5-3-15-4-6-16/h7,15,17H,3-6,8H2,1-2H3. The molecule has 0 saturated carbocycles. The van der Waals surface area contributed by atoms with E-state index in [-0.39, 0.29) is 0 Å². The van der Waals surface area contributed by atoms with Crippen molar-refractivity contribution in [3.63, 3.8) is 0 Å². The molecule has 4 heteroatoms. The largest absolute Gasteiger partial charge is 0.507 e. The van der Waals surface area contributed by atoms with Crippen molar-refractivity contribution in [3.8, 4) is 5.75 Å². The monoisotopic (exact) mass is 254 g/mol. The molecule has 1 saturated heterocycles. The molecule has 2 rings (SSSR count). The maximum absolute atomic E-state index is 10.1. The van der Waals surface area contributed by atoms with E-state index in [0.29, 0.717) is 5.75 Å². The predicted molar refractivity (Wildman–Crippen MR) is 70.7 cm³/mol. The fourth-order valence-corrected chi connectivity index (χ4v) is 2.49. The summed E-state index contributed by atoms with van der Waals surface area (Å²) in [7, 11) is 0. The van der Waals surface area contributed by atoms with Gasteiger partial charge >= 0.3 is 0 Å². The fraction of sp³-hybridized carbons (Fsp3) is 0.538. The summed E-state index contributed by atoms with van der Waals surface area (Å²) >= 11 is 6.17. The zero-order valence-electron chi connectivity index (χ0n) is 10.4. The van der Waals surface area contributed by atoms with Gasteiger partial charge in [-0.3, -0.25) is 4.90 Å². The Morgan fingerprint density at radius 1 is 1.35 bits per heavy atom. The Balaban J connectivity index is 2.24. The number of aromatic hydroxyl groups is 1. The third-order valence-electron chi connectivity index (χ3n) is 3.40. The highest BCUT2D eigenvalue weighted by Gasteiger charge is 2.16. The number of hydrogen-bond donors (Lipinski definition) is 2. The van der Waals surface area contributed by atoms with Gasteiger partial charge in [0.15, 0.2) is 0 Å². The highest BCUT2D eigenvalue weighted by Crippen LogP contribution is 2.32. The summed E-state index contributed by atoms with van der Waals surface area (Å²) in [6.07, 6.45) is 0. The Bertz CT molecular complexity index is 388. The molecule has 1 aromatic carbocycles. The minimum absolute atomic E-state index is 0.394. The van der Waals surface area contributed by atoms with Crippen molar-refractivity contribution >= 4 is 11.6 Å². The first-order valence-corrected chi connectivity index (χ1v) is 6.38. The molecule has 0 bridgehead atoms. The molecule has 1 aliphatic rings. The SMILES string of the molecule is Cc1cc(Cl)c(C)c(CN2CCNCC2)c1O.